The molecule has 0 atom stereocenters. The smallest absolute Gasteiger partial charge is 0.355 e. The SMILES string of the molecule is C=COC(=O)c1sc(-c2nc(CC)c(C(=O)OCC)s2)nc1CC. The molecule has 0 amide bonds. The maximum absolute atomic E-state index is 12.0. The first-order chi connectivity index (χ1) is 11.5. The predicted octanol–water partition coefficient (Wildman–Crippen LogP) is 3.87. The third kappa shape index (κ3) is 3.70. The number of rotatable bonds is 7. The third-order valence-corrected chi connectivity index (χ3v) is 5.38. The zero-order valence-corrected chi connectivity index (χ0v) is 15.4. The van der Waals surface area contributed by atoms with E-state index in [9.17, 15) is 9.59 Å². The molecule has 0 aliphatic carbocycles. The lowest BCUT2D eigenvalue weighted by Crippen LogP contribution is -2.05. The molecular formula is C16H18N2O4S2. The number of hydrogen-bond donors (Lipinski definition) is 0. The Labute approximate surface area is 148 Å². The van der Waals surface area contributed by atoms with Crippen LogP contribution in [0.5, 0.6) is 0 Å². The number of carbonyl (C=O) groups is 2. The molecule has 0 aliphatic heterocycles. The molecule has 0 radical (unpaired) electrons. The lowest BCUT2D eigenvalue weighted by molar-refractivity contribution is 0.0530. The fourth-order valence-electron chi connectivity index (χ4n) is 2.01. The van der Waals surface area contributed by atoms with Crippen LogP contribution in [-0.2, 0) is 22.3 Å². The van der Waals surface area contributed by atoms with Crippen molar-refractivity contribution in [1.29, 1.82) is 0 Å². The molecule has 2 aromatic heterocycles. The molecule has 0 fully saturated rings. The Morgan fingerprint density at radius 1 is 1.00 bits per heavy atom. The van der Waals surface area contributed by atoms with E-state index in [1.54, 1.807) is 6.92 Å². The summed E-state index contributed by atoms with van der Waals surface area (Å²) in [4.78, 5) is 33.9. The van der Waals surface area contributed by atoms with Crippen LogP contribution in [0.3, 0.4) is 0 Å². The van der Waals surface area contributed by atoms with Crippen molar-refractivity contribution in [3.63, 3.8) is 0 Å². The summed E-state index contributed by atoms with van der Waals surface area (Å²) in [6, 6.07) is 0. The van der Waals surface area contributed by atoms with Gasteiger partial charge in [0.1, 0.15) is 9.75 Å². The van der Waals surface area contributed by atoms with Crippen LogP contribution >= 0.6 is 22.7 Å². The molecule has 2 rings (SSSR count). The van der Waals surface area contributed by atoms with Gasteiger partial charge in [-0.1, -0.05) is 20.4 Å². The van der Waals surface area contributed by atoms with Gasteiger partial charge in [0.05, 0.1) is 24.3 Å². The zero-order chi connectivity index (χ0) is 17.7. The average molecular weight is 366 g/mol. The molecule has 0 saturated carbocycles. The largest absolute Gasteiger partial charge is 0.462 e. The van der Waals surface area contributed by atoms with E-state index in [4.69, 9.17) is 9.47 Å². The Morgan fingerprint density at radius 3 is 1.92 bits per heavy atom. The van der Waals surface area contributed by atoms with Crippen molar-refractivity contribution in [3.8, 4) is 10.0 Å². The number of esters is 2. The highest BCUT2D eigenvalue weighted by Gasteiger charge is 2.23. The molecule has 0 bridgehead atoms. The molecule has 0 saturated heterocycles. The number of carbonyl (C=O) groups excluding carboxylic acids is 2. The van der Waals surface area contributed by atoms with E-state index in [1.165, 1.54) is 22.7 Å². The van der Waals surface area contributed by atoms with Crippen molar-refractivity contribution >= 4 is 34.6 Å². The number of ether oxygens (including phenoxy) is 2. The van der Waals surface area contributed by atoms with E-state index >= 15 is 0 Å². The van der Waals surface area contributed by atoms with Gasteiger partial charge >= 0.3 is 11.9 Å². The summed E-state index contributed by atoms with van der Waals surface area (Å²) in [6.45, 7) is 9.29. The molecule has 0 spiro atoms. The minimum atomic E-state index is -0.483. The van der Waals surface area contributed by atoms with Crippen LogP contribution in [0.15, 0.2) is 12.8 Å². The summed E-state index contributed by atoms with van der Waals surface area (Å²) in [5, 5.41) is 1.20. The Bertz CT molecular complexity index is 764. The fourth-order valence-corrected chi connectivity index (χ4v) is 4.11. The Hall–Kier alpha value is -2.06. The van der Waals surface area contributed by atoms with Gasteiger partial charge in [0, 0.05) is 0 Å². The maximum atomic E-state index is 12.0. The molecule has 6 nitrogen and oxygen atoms in total. The number of nitrogens with zero attached hydrogens (tertiary/aromatic N) is 2. The Morgan fingerprint density at radius 2 is 1.50 bits per heavy atom. The molecule has 2 heterocycles. The first-order valence-electron chi connectivity index (χ1n) is 7.54. The van der Waals surface area contributed by atoms with Crippen molar-refractivity contribution in [1.82, 2.24) is 9.97 Å². The molecule has 0 unspecified atom stereocenters. The van der Waals surface area contributed by atoms with Gasteiger partial charge in [0.15, 0.2) is 10.0 Å². The van der Waals surface area contributed by atoms with Crippen LogP contribution in [0.25, 0.3) is 10.0 Å². The van der Waals surface area contributed by atoms with Crippen molar-refractivity contribution in [2.45, 2.75) is 33.6 Å². The molecular weight excluding hydrogens is 348 g/mol. The minimum Gasteiger partial charge on any atom is -0.462 e. The third-order valence-electron chi connectivity index (χ3n) is 3.08. The fraction of sp³-hybridized carbons (Fsp3) is 0.375. The van der Waals surface area contributed by atoms with Crippen molar-refractivity contribution < 1.29 is 19.1 Å². The van der Waals surface area contributed by atoms with Gasteiger partial charge in [-0.25, -0.2) is 19.6 Å². The zero-order valence-electron chi connectivity index (χ0n) is 13.7. The summed E-state index contributed by atoms with van der Waals surface area (Å²) in [7, 11) is 0. The molecule has 0 aromatic carbocycles. The lowest BCUT2D eigenvalue weighted by atomic mass is 10.3. The van der Waals surface area contributed by atoms with Gasteiger partial charge < -0.3 is 9.47 Å². The average Bonchev–Trinajstić information content (AvgIpc) is 3.19. The van der Waals surface area contributed by atoms with E-state index in [0.29, 0.717) is 50.6 Å². The van der Waals surface area contributed by atoms with Crippen molar-refractivity contribution in [2.24, 2.45) is 0 Å². The van der Waals surface area contributed by atoms with Crippen LogP contribution in [0, 0.1) is 0 Å². The highest BCUT2D eigenvalue weighted by molar-refractivity contribution is 7.23. The van der Waals surface area contributed by atoms with Crippen LogP contribution in [0.4, 0.5) is 0 Å². The molecule has 8 heteroatoms. The Kier molecular flexibility index (Phi) is 6.22. The van der Waals surface area contributed by atoms with Gasteiger partial charge in [-0.2, -0.15) is 0 Å². The van der Waals surface area contributed by atoms with E-state index in [2.05, 4.69) is 16.5 Å². The Balaban J connectivity index is 2.43. The van der Waals surface area contributed by atoms with Gasteiger partial charge in [-0.3, -0.25) is 0 Å². The second-order valence-corrected chi connectivity index (χ2v) is 6.59. The molecule has 2 aromatic rings. The van der Waals surface area contributed by atoms with Crippen molar-refractivity contribution in [3.05, 3.63) is 34.0 Å². The lowest BCUT2D eigenvalue weighted by Gasteiger charge is -1.99. The minimum absolute atomic E-state index is 0.310. The van der Waals surface area contributed by atoms with Crippen LogP contribution in [0.2, 0.25) is 0 Å². The predicted molar refractivity (Wildman–Crippen MR) is 93.5 cm³/mol. The topological polar surface area (TPSA) is 78.4 Å². The van der Waals surface area contributed by atoms with E-state index in [0.717, 1.165) is 6.26 Å². The summed E-state index contributed by atoms with van der Waals surface area (Å²) >= 11 is 2.44. The molecule has 0 aliphatic rings. The van der Waals surface area contributed by atoms with E-state index in [-0.39, 0.29) is 5.97 Å². The van der Waals surface area contributed by atoms with Crippen LogP contribution in [-0.4, -0.2) is 28.5 Å². The van der Waals surface area contributed by atoms with Gasteiger partial charge in [0.2, 0.25) is 0 Å². The summed E-state index contributed by atoms with van der Waals surface area (Å²) < 4.78 is 9.91. The van der Waals surface area contributed by atoms with E-state index in [1.807, 2.05) is 13.8 Å². The number of aryl methyl sites for hydroxylation is 2. The second kappa shape index (κ2) is 8.16. The highest BCUT2D eigenvalue weighted by Crippen LogP contribution is 2.34. The maximum Gasteiger partial charge on any atom is 0.355 e. The summed E-state index contributed by atoms with van der Waals surface area (Å²) in [5.74, 6) is -0.861. The molecule has 24 heavy (non-hydrogen) atoms. The standard InChI is InChI=1S/C16H18N2O4S2/c1-5-9-11(15(19)21-7-3)23-13(17-9)14-18-10(6-2)12(24-14)16(20)22-8-4/h7H,3,5-6,8H2,1-2,4H3. The highest BCUT2D eigenvalue weighted by atomic mass is 32.1. The van der Waals surface area contributed by atoms with Crippen LogP contribution < -0.4 is 0 Å². The first-order valence-corrected chi connectivity index (χ1v) is 9.17. The molecule has 0 N–H and O–H groups in total. The van der Waals surface area contributed by atoms with Crippen molar-refractivity contribution in [2.75, 3.05) is 6.61 Å². The van der Waals surface area contributed by atoms with Gasteiger partial charge in [-0.05, 0) is 19.8 Å². The molecule has 128 valence electrons. The van der Waals surface area contributed by atoms with E-state index < -0.39 is 5.97 Å². The van der Waals surface area contributed by atoms with Crippen LogP contribution in [0.1, 0.15) is 51.5 Å². The normalized spacial score (nSPS) is 10.5. The van der Waals surface area contributed by atoms with Gasteiger partial charge in [-0.15, -0.1) is 22.7 Å². The second-order valence-electron chi connectivity index (χ2n) is 4.59. The quantitative estimate of drug-likeness (QED) is 0.547. The number of thiazole rings is 2. The summed E-state index contributed by atoms with van der Waals surface area (Å²) in [6.07, 6.45) is 2.30. The number of hydrogen-bond acceptors (Lipinski definition) is 8. The summed E-state index contributed by atoms with van der Waals surface area (Å²) in [5.41, 5.74) is 1.32. The van der Waals surface area contributed by atoms with Gasteiger partial charge in [0.25, 0.3) is 0 Å². The monoisotopic (exact) mass is 366 g/mol. The first kappa shape index (κ1) is 18.3. The number of aromatic nitrogens is 2.